The zero-order chi connectivity index (χ0) is 11.4. The van der Waals surface area contributed by atoms with Gasteiger partial charge < -0.3 is 9.47 Å². The van der Waals surface area contributed by atoms with Crippen LogP contribution in [0.2, 0.25) is 0 Å². The molecule has 88 valence electrons. The maximum absolute atomic E-state index is 5.93. The van der Waals surface area contributed by atoms with Crippen LogP contribution in [0.1, 0.15) is 31.2 Å². The van der Waals surface area contributed by atoms with E-state index >= 15 is 0 Å². The van der Waals surface area contributed by atoms with E-state index in [1.54, 1.807) is 13.3 Å². The molecular formula is C13H19NO2. The van der Waals surface area contributed by atoms with Crippen LogP contribution in [0.3, 0.4) is 0 Å². The lowest BCUT2D eigenvalue weighted by Crippen LogP contribution is -2.29. The predicted octanol–water partition coefficient (Wildman–Crippen LogP) is 2.73. The molecule has 3 heteroatoms. The molecule has 1 heterocycles. The average Bonchev–Trinajstić information content (AvgIpc) is 2.32. The Morgan fingerprint density at radius 1 is 1.31 bits per heavy atom. The van der Waals surface area contributed by atoms with Gasteiger partial charge in [0.05, 0.1) is 6.10 Å². The van der Waals surface area contributed by atoms with Crippen LogP contribution in [0.25, 0.3) is 0 Å². The van der Waals surface area contributed by atoms with Gasteiger partial charge in [-0.3, -0.25) is 0 Å². The number of hydrogen-bond donors (Lipinski definition) is 0. The van der Waals surface area contributed by atoms with Crippen molar-refractivity contribution in [3.63, 3.8) is 0 Å². The van der Waals surface area contributed by atoms with Crippen LogP contribution < -0.4 is 4.74 Å². The second-order valence-electron chi connectivity index (χ2n) is 4.39. The summed E-state index contributed by atoms with van der Waals surface area (Å²) in [5, 5.41) is 0. The van der Waals surface area contributed by atoms with E-state index in [0.717, 1.165) is 30.7 Å². The Labute approximate surface area is 96.8 Å². The Balaban J connectivity index is 1.97. The Bertz CT molecular complexity index is 340. The maximum atomic E-state index is 5.93. The highest BCUT2D eigenvalue weighted by atomic mass is 16.5. The molecule has 0 bridgehead atoms. The van der Waals surface area contributed by atoms with Gasteiger partial charge in [0.1, 0.15) is 6.10 Å². The van der Waals surface area contributed by atoms with Gasteiger partial charge in [0.2, 0.25) is 5.88 Å². The van der Waals surface area contributed by atoms with E-state index in [1.807, 2.05) is 19.1 Å². The second kappa shape index (κ2) is 5.30. The zero-order valence-electron chi connectivity index (χ0n) is 9.98. The first-order valence-electron chi connectivity index (χ1n) is 5.90. The fourth-order valence-corrected chi connectivity index (χ4v) is 2.18. The van der Waals surface area contributed by atoms with Crippen LogP contribution in [0, 0.1) is 6.92 Å². The molecule has 0 saturated heterocycles. The van der Waals surface area contributed by atoms with Crippen molar-refractivity contribution in [1.82, 2.24) is 4.98 Å². The van der Waals surface area contributed by atoms with Crippen molar-refractivity contribution in [2.75, 3.05) is 7.11 Å². The number of aromatic nitrogens is 1. The lowest BCUT2D eigenvalue weighted by Gasteiger charge is -2.28. The minimum atomic E-state index is 0.257. The summed E-state index contributed by atoms with van der Waals surface area (Å²) in [6.45, 7) is 2.03. The number of pyridine rings is 1. The molecule has 3 nitrogen and oxygen atoms in total. The first-order chi connectivity index (χ1) is 7.79. The van der Waals surface area contributed by atoms with Gasteiger partial charge in [-0.15, -0.1) is 0 Å². The van der Waals surface area contributed by atoms with Gasteiger partial charge in [0.25, 0.3) is 0 Å². The van der Waals surface area contributed by atoms with Gasteiger partial charge in [-0.2, -0.15) is 0 Å². The van der Waals surface area contributed by atoms with Crippen LogP contribution in [-0.2, 0) is 4.74 Å². The third-order valence-corrected chi connectivity index (χ3v) is 3.15. The van der Waals surface area contributed by atoms with E-state index in [9.17, 15) is 0 Å². The van der Waals surface area contributed by atoms with E-state index in [2.05, 4.69) is 4.98 Å². The standard InChI is InChI=1S/C13H19NO2/c1-10-5-4-8-14-13(10)16-12-7-3-6-11(9-12)15-2/h4-5,8,11-12H,3,6-7,9H2,1-2H3/t11-,12-/m1/s1. The smallest absolute Gasteiger partial charge is 0.216 e. The summed E-state index contributed by atoms with van der Waals surface area (Å²) >= 11 is 0. The SMILES string of the molecule is CO[C@@H]1CCC[C@@H](Oc2ncccc2C)C1. The number of rotatable bonds is 3. The highest BCUT2D eigenvalue weighted by Gasteiger charge is 2.23. The Kier molecular flexibility index (Phi) is 3.78. The van der Waals surface area contributed by atoms with Crippen LogP contribution in [0.15, 0.2) is 18.3 Å². The molecule has 1 aliphatic rings. The number of hydrogen-bond acceptors (Lipinski definition) is 3. The van der Waals surface area contributed by atoms with Crippen LogP contribution in [0.5, 0.6) is 5.88 Å². The fraction of sp³-hybridized carbons (Fsp3) is 0.615. The lowest BCUT2D eigenvalue weighted by molar-refractivity contribution is 0.0193. The summed E-state index contributed by atoms with van der Waals surface area (Å²) < 4.78 is 11.3. The molecule has 1 saturated carbocycles. The third kappa shape index (κ3) is 2.73. The number of methoxy groups -OCH3 is 1. The molecule has 2 atom stereocenters. The van der Waals surface area contributed by atoms with Crippen LogP contribution >= 0.6 is 0 Å². The minimum Gasteiger partial charge on any atom is -0.474 e. The van der Waals surface area contributed by atoms with Crippen molar-refractivity contribution in [3.05, 3.63) is 23.9 Å². The van der Waals surface area contributed by atoms with E-state index < -0.39 is 0 Å². The average molecular weight is 221 g/mol. The van der Waals surface area contributed by atoms with E-state index in [-0.39, 0.29) is 6.10 Å². The van der Waals surface area contributed by atoms with Gasteiger partial charge in [0, 0.05) is 25.3 Å². The van der Waals surface area contributed by atoms with Crippen LogP contribution in [0.4, 0.5) is 0 Å². The summed E-state index contributed by atoms with van der Waals surface area (Å²) in [7, 11) is 1.78. The van der Waals surface area contributed by atoms with Gasteiger partial charge in [-0.05, 0) is 32.3 Å². The monoisotopic (exact) mass is 221 g/mol. The van der Waals surface area contributed by atoms with E-state index in [4.69, 9.17) is 9.47 Å². The highest BCUT2D eigenvalue weighted by Crippen LogP contribution is 2.25. The minimum absolute atomic E-state index is 0.257. The molecule has 16 heavy (non-hydrogen) atoms. The molecule has 0 N–H and O–H groups in total. The highest BCUT2D eigenvalue weighted by molar-refractivity contribution is 5.23. The molecule has 1 fully saturated rings. The maximum Gasteiger partial charge on any atom is 0.216 e. The van der Waals surface area contributed by atoms with Gasteiger partial charge in [-0.25, -0.2) is 4.98 Å². The van der Waals surface area contributed by atoms with Gasteiger partial charge >= 0.3 is 0 Å². The normalized spacial score (nSPS) is 25.4. The summed E-state index contributed by atoms with van der Waals surface area (Å²) in [6, 6.07) is 3.96. The van der Waals surface area contributed by atoms with Crippen molar-refractivity contribution in [2.45, 2.75) is 44.8 Å². The molecule has 0 radical (unpaired) electrons. The van der Waals surface area contributed by atoms with Gasteiger partial charge in [0.15, 0.2) is 0 Å². The summed E-state index contributed by atoms with van der Waals surface area (Å²) in [5.74, 6) is 0.768. The molecule has 0 aromatic carbocycles. The van der Waals surface area contributed by atoms with Crippen molar-refractivity contribution >= 4 is 0 Å². The first kappa shape index (κ1) is 11.4. The summed E-state index contributed by atoms with van der Waals surface area (Å²) in [5.41, 5.74) is 1.10. The molecule has 0 unspecified atom stereocenters. The zero-order valence-corrected chi connectivity index (χ0v) is 9.98. The molecule has 0 spiro atoms. The van der Waals surface area contributed by atoms with Crippen molar-refractivity contribution in [3.8, 4) is 5.88 Å². The number of nitrogens with zero attached hydrogens (tertiary/aromatic N) is 1. The van der Waals surface area contributed by atoms with E-state index in [1.165, 1.54) is 6.42 Å². The Hall–Kier alpha value is -1.09. The van der Waals surface area contributed by atoms with Gasteiger partial charge in [-0.1, -0.05) is 6.07 Å². The van der Waals surface area contributed by atoms with Crippen molar-refractivity contribution < 1.29 is 9.47 Å². The lowest BCUT2D eigenvalue weighted by atomic mass is 9.95. The van der Waals surface area contributed by atoms with Crippen molar-refractivity contribution in [2.24, 2.45) is 0 Å². The molecular weight excluding hydrogens is 202 g/mol. The number of ether oxygens (including phenoxy) is 2. The molecule has 0 aliphatic heterocycles. The first-order valence-corrected chi connectivity index (χ1v) is 5.90. The molecule has 0 amide bonds. The quantitative estimate of drug-likeness (QED) is 0.786. The molecule has 2 rings (SSSR count). The van der Waals surface area contributed by atoms with Crippen LogP contribution in [-0.4, -0.2) is 24.3 Å². The molecule has 1 aromatic rings. The Morgan fingerprint density at radius 3 is 2.88 bits per heavy atom. The molecule has 1 aliphatic carbocycles. The topological polar surface area (TPSA) is 31.4 Å². The van der Waals surface area contributed by atoms with Crippen molar-refractivity contribution in [1.29, 1.82) is 0 Å². The molecule has 1 aromatic heterocycles. The summed E-state index contributed by atoms with van der Waals surface area (Å²) in [4.78, 5) is 4.26. The third-order valence-electron chi connectivity index (χ3n) is 3.15. The fourth-order valence-electron chi connectivity index (χ4n) is 2.18. The predicted molar refractivity (Wildman–Crippen MR) is 62.7 cm³/mol. The van der Waals surface area contributed by atoms with E-state index in [0.29, 0.717) is 6.10 Å². The Morgan fingerprint density at radius 2 is 2.12 bits per heavy atom. The second-order valence-corrected chi connectivity index (χ2v) is 4.39. The number of aryl methyl sites for hydroxylation is 1. The largest absolute Gasteiger partial charge is 0.474 e. The summed E-state index contributed by atoms with van der Waals surface area (Å²) in [6.07, 6.45) is 6.80.